The molecule has 204 valence electrons. The van der Waals surface area contributed by atoms with E-state index in [0.717, 1.165) is 23.0 Å². The van der Waals surface area contributed by atoms with E-state index in [-0.39, 0.29) is 23.8 Å². The number of methoxy groups -OCH3 is 1. The quantitative estimate of drug-likeness (QED) is 0.361. The molecule has 1 atom stereocenters. The molecule has 0 bridgehead atoms. The van der Waals surface area contributed by atoms with Gasteiger partial charge < -0.3 is 15.4 Å². The summed E-state index contributed by atoms with van der Waals surface area (Å²) in [4.78, 5) is 47.0. The number of carbonyl (C=O) groups is 1. The molecule has 0 radical (unpaired) electrons. The third-order valence-electron chi connectivity index (χ3n) is 7.31. The van der Waals surface area contributed by atoms with Crippen LogP contribution in [0.1, 0.15) is 34.3 Å². The highest BCUT2D eigenvalue weighted by Crippen LogP contribution is 2.25. The summed E-state index contributed by atoms with van der Waals surface area (Å²) in [5.41, 5.74) is 7.18. The van der Waals surface area contributed by atoms with E-state index in [0.29, 0.717) is 35.9 Å². The summed E-state index contributed by atoms with van der Waals surface area (Å²) < 4.78 is 23.3. The van der Waals surface area contributed by atoms with Crippen LogP contribution in [-0.2, 0) is 20.1 Å². The second-order valence-electron chi connectivity index (χ2n) is 9.97. The van der Waals surface area contributed by atoms with E-state index in [4.69, 9.17) is 15.5 Å². The van der Waals surface area contributed by atoms with Crippen molar-refractivity contribution in [3.05, 3.63) is 85.8 Å². The number of ketones is 1. The molecule has 11 heteroatoms. The first kappa shape index (κ1) is 26.4. The number of nitrogens with two attached hydrogens (primary N) is 1. The number of anilines is 1. The number of fused-ring (bicyclic) bond motifs is 1. The molecule has 5 rings (SSSR count). The van der Waals surface area contributed by atoms with Crippen molar-refractivity contribution in [2.75, 3.05) is 25.1 Å². The van der Waals surface area contributed by atoms with Crippen molar-refractivity contribution in [3.63, 3.8) is 0 Å². The largest absolute Gasteiger partial charge is 0.497 e. The summed E-state index contributed by atoms with van der Waals surface area (Å²) in [7, 11) is 3.05. The number of aryl methyl sites for hydroxylation is 2. The van der Waals surface area contributed by atoms with E-state index in [2.05, 4.69) is 0 Å². The number of hydrogen-bond donors (Lipinski definition) is 1. The molecule has 2 aromatic heterocycles. The van der Waals surface area contributed by atoms with E-state index >= 15 is 0 Å². The van der Waals surface area contributed by atoms with Gasteiger partial charge in [0.25, 0.3) is 5.56 Å². The number of ether oxygens (including phenoxy) is 1. The van der Waals surface area contributed by atoms with Gasteiger partial charge in [-0.1, -0.05) is 6.07 Å². The molecule has 4 aromatic rings. The maximum Gasteiger partial charge on any atom is 0.332 e. The molecule has 1 fully saturated rings. The molecule has 0 spiro atoms. The number of benzene rings is 2. The van der Waals surface area contributed by atoms with Gasteiger partial charge >= 0.3 is 5.69 Å². The summed E-state index contributed by atoms with van der Waals surface area (Å²) in [6, 6.07) is 10.9. The molecule has 1 aliphatic heterocycles. The minimum Gasteiger partial charge on any atom is -0.497 e. The molecule has 1 saturated heterocycles. The molecule has 0 saturated carbocycles. The van der Waals surface area contributed by atoms with Gasteiger partial charge in [0, 0.05) is 31.7 Å². The van der Waals surface area contributed by atoms with Crippen LogP contribution in [-0.4, -0.2) is 50.7 Å². The molecule has 2 N–H and O–H groups in total. The first-order valence-electron chi connectivity index (χ1n) is 12.8. The van der Waals surface area contributed by atoms with Gasteiger partial charge in [-0.05, 0) is 67.3 Å². The Bertz CT molecular complexity index is 1670. The van der Waals surface area contributed by atoms with Crippen molar-refractivity contribution in [3.8, 4) is 5.75 Å². The van der Waals surface area contributed by atoms with Crippen LogP contribution < -0.4 is 26.6 Å². The van der Waals surface area contributed by atoms with Gasteiger partial charge in [-0.25, -0.2) is 9.18 Å². The molecule has 3 heterocycles. The topological polar surface area (TPSA) is 117 Å². The lowest BCUT2D eigenvalue weighted by molar-refractivity contribution is 0.0969. The van der Waals surface area contributed by atoms with Crippen LogP contribution in [0.5, 0.6) is 5.75 Å². The van der Waals surface area contributed by atoms with E-state index < -0.39 is 29.4 Å². The van der Waals surface area contributed by atoms with Crippen molar-refractivity contribution in [2.45, 2.75) is 38.9 Å². The molecule has 0 aliphatic carbocycles. The Kier molecular flexibility index (Phi) is 7.09. The fraction of sp³-hybridized carbons (Fsp3) is 0.357. The lowest BCUT2D eigenvalue weighted by atomic mass is 10.1. The number of Topliss-reactive ketones (excluding diaryl/α,β-unsaturated/α-hetero) is 1. The summed E-state index contributed by atoms with van der Waals surface area (Å²) in [5.74, 6) is 0.277. The maximum absolute atomic E-state index is 14.2. The van der Waals surface area contributed by atoms with E-state index in [9.17, 15) is 18.8 Å². The molecule has 39 heavy (non-hydrogen) atoms. The van der Waals surface area contributed by atoms with E-state index in [1.165, 1.54) is 30.9 Å². The van der Waals surface area contributed by atoms with Gasteiger partial charge in [0.05, 0.1) is 20.2 Å². The number of rotatable bonds is 7. The van der Waals surface area contributed by atoms with Crippen molar-refractivity contribution >= 4 is 22.9 Å². The highest BCUT2D eigenvalue weighted by molar-refractivity contribution is 5.96. The predicted octanol–water partition coefficient (Wildman–Crippen LogP) is 2.21. The number of halogens is 1. The average Bonchev–Trinajstić information content (AvgIpc) is 3.31. The molecular formula is C28H31FN6O4. The highest BCUT2D eigenvalue weighted by atomic mass is 19.1. The van der Waals surface area contributed by atoms with Crippen LogP contribution in [0.3, 0.4) is 0 Å². The fourth-order valence-corrected chi connectivity index (χ4v) is 5.07. The Morgan fingerprint density at radius 2 is 1.90 bits per heavy atom. The zero-order valence-electron chi connectivity index (χ0n) is 22.2. The van der Waals surface area contributed by atoms with Gasteiger partial charge in [0.2, 0.25) is 5.95 Å². The van der Waals surface area contributed by atoms with Gasteiger partial charge in [-0.15, -0.1) is 0 Å². The minimum atomic E-state index is -0.650. The standard InChI is InChI=1S/C28H31FN6O4/c1-17-6-9-20(29)13-19(17)14-34-24-25(31-27(34)33-12-4-5-21(30)15-33)32(2)28(38)35(26(24)37)16-23(36)18-7-10-22(39-3)11-8-18/h6-11,13,21H,4-5,12,14-16,30H2,1-3H3. The van der Waals surface area contributed by atoms with Gasteiger partial charge in [-0.2, -0.15) is 4.98 Å². The van der Waals surface area contributed by atoms with Crippen LogP contribution >= 0.6 is 0 Å². The summed E-state index contributed by atoms with van der Waals surface area (Å²) in [6.07, 6.45) is 1.72. The number of carbonyl (C=O) groups excluding carboxylic acids is 1. The van der Waals surface area contributed by atoms with Crippen LogP contribution in [0.4, 0.5) is 10.3 Å². The molecule has 1 aliphatic rings. The van der Waals surface area contributed by atoms with Crippen LogP contribution in [0.15, 0.2) is 52.1 Å². The Balaban J connectivity index is 1.67. The monoisotopic (exact) mass is 534 g/mol. The Labute approximate surface area is 224 Å². The number of imidazole rings is 1. The van der Waals surface area contributed by atoms with Crippen LogP contribution in [0.25, 0.3) is 11.2 Å². The smallest absolute Gasteiger partial charge is 0.332 e. The Hall–Kier alpha value is -4.25. The van der Waals surface area contributed by atoms with Crippen molar-refractivity contribution in [2.24, 2.45) is 12.8 Å². The van der Waals surface area contributed by atoms with Crippen LogP contribution in [0, 0.1) is 12.7 Å². The summed E-state index contributed by atoms with van der Waals surface area (Å²) in [6.45, 7) is 2.79. The first-order chi connectivity index (χ1) is 18.7. The lowest BCUT2D eigenvalue weighted by Gasteiger charge is -2.32. The third-order valence-corrected chi connectivity index (χ3v) is 7.31. The molecular weight excluding hydrogens is 503 g/mol. The fourth-order valence-electron chi connectivity index (χ4n) is 5.07. The zero-order valence-corrected chi connectivity index (χ0v) is 22.2. The third kappa shape index (κ3) is 4.97. The molecule has 10 nitrogen and oxygen atoms in total. The molecule has 0 amide bonds. The number of nitrogens with zero attached hydrogens (tertiary/aromatic N) is 5. The maximum atomic E-state index is 14.2. The van der Waals surface area contributed by atoms with E-state index in [1.54, 1.807) is 34.9 Å². The molecule has 1 unspecified atom stereocenters. The SMILES string of the molecule is COc1ccc(C(=O)Cn2c(=O)c3c(nc(N4CCCC(N)C4)n3Cc3cc(F)ccc3C)n(C)c2=O)cc1. The van der Waals surface area contributed by atoms with Gasteiger partial charge in [-0.3, -0.25) is 23.3 Å². The second kappa shape index (κ2) is 10.5. The van der Waals surface area contributed by atoms with Gasteiger partial charge in [0.15, 0.2) is 16.9 Å². The van der Waals surface area contributed by atoms with Gasteiger partial charge in [0.1, 0.15) is 11.6 Å². The minimum absolute atomic E-state index is 0.0643. The Morgan fingerprint density at radius 1 is 1.15 bits per heavy atom. The number of hydrogen-bond acceptors (Lipinski definition) is 7. The second-order valence-corrected chi connectivity index (χ2v) is 9.97. The average molecular weight is 535 g/mol. The zero-order chi connectivity index (χ0) is 27.8. The normalized spacial score (nSPS) is 15.6. The number of aromatic nitrogens is 4. The lowest BCUT2D eigenvalue weighted by Crippen LogP contribution is -2.44. The first-order valence-corrected chi connectivity index (χ1v) is 12.8. The predicted molar refractivity (Wildman–Crippen MR) is 146 cm³/mol. The number of piperidine rings is 1. The summed E-state index contributed by atoms with van der Waals surface area (Å²) in [5, 5.41) is 0. The summed E-state index contributed by atoms with van der Waals surface area (Å²) >= 11 is 0. The molecule has 2 aromatic carbocycles. The van der Waals surface area contributed by atoms with Crippen molar-refractivity contribution in [1.29, 1.82) is 0 Å². The van der Waals surface area contributed by atoms with E-state index in [1.807, 2.05) is 11.8 Å². The highest BCUT2D eigenvalue weighted by Gasteiger charge is 2.27. The Morgan fingerprint density at radius 3 is 2.59 bits per heavy atom. The van der Waals surface area contributed by atoms with Crippen molar-refractivity contribution in [1.82, 2.24) is 18.7 Å². The van der Waals surface area contributed by atoms with Crippen LogP contribution in [0.2, 0.25) is 0 Å². The van der Waals surface area contributed by atoms with Crippen molar-refractivity contribution < 1.29 is 13.9 Å².